The van der Waals surface area contributed by atoms with Crippen molar-refractivity contribution in [2.45, 2.75) is 33.2 Å². The lowest BCUT2D eigenvalue weighted by Gasteiger charge is -2.18. The molecule has 1 N–H and O–H groups in total. The zero-order valence-corrected chi connectivity index (χ0v) is 13.2. The molecular formula is C19H25NO. The van der Waals surface area contributed by atoms with E-state index in [2.05, 4.69) is 55.6 Å². The number of para-hydroxylation sites is 1. The molecule has 0 spiro atoms. The van der Waals surface area contributed by atoms with Crippen LogP contribution in [0.4, 0.5) is 0 Å². The van der Waals surface area contributed by atoms with Crippen LogP contribution in [0.2, 0.25) is 0 Å². The van der Waals surface area contributed by atoms with Gasteiger partial charge in [0.1, 0.15) is 5.75 Å². The Morgan fingerprint density at radius 3 is 2.52 bits per heavy atom. The van der Waals surface area contributed by atoms with Crippen LogP contribution in [0.1, 0.15) is 38.8 Å². The number of rotatable bonds is 7. The van der Waals surface area contributed by atoms with Gasteiger partial charge in [-0.25, -0.2) is 0 Å². The lowest BCUT2D eigenvalue weighted by molar-refractivity contribution is 0.341. The minimum Gasteiger partial charge on any atom is -0.493 e. The predicted molar refractivity (Wildman–Crippen MR) is 89.8 cm³/mol. The van der Waals surface area contributed by atoms with Crippen LogP contribution in [0.3, 0.4) is 0 Å². The average Bonchev–Trinajstić information content (AvgIpc) is 2.53. The first-order chi connectivity index (χ1) is 10.3. The molecule has 1 atom stereocenters. The van der Waals surface area contributed by atoms with E-state index in [9.17, 15) is 0 Å². The first-order valence-electron chi connectivity index (χ1n) is 7.85. The summed E-state index contributed by atoms with van der Waals surface area (Å²) >= 11 is 0. The molecule has 0 radical (unpaired) electrons. The molecule has 112 valence electrons. The molecule has 2 aromatic rings. The molecule has 0 aromatic heterocycles. The van der Waals surface area contributed by atoms with Crippen LogP contribution >= 0.6 is 0 Å². The van der Waals surface area contributed by atoms with Gasteiger partial charge in [-0.1, -0.05) is 50.2 Å². The van der Waals surface area contributed by atoms with E-state index in [-0.39, 0.29) is 0 Å². The van der Waals surface area contributed by atoms with Gasteiger partial charge in [-0.05, 0) is 43.1 Å². The van der Waals surface area contributed by atoms with Crippen molar-refractivity contribution in [3.05, 3.63) is 54.1 Å². The number of hydrogen-bond acceptors (Lipinski definition) is 2. The molecule has 0 amide bonds. The zero-order valence-electron chi connectivity index (χ0n) is 13.2. The molecule has 2 nitrogen and oxygen atoms in total. The maximum atomic E-state index is 5.75. The fraction of sp³-hybridized carbons (Fsp3) is 0.368. The predicted octanol–water partition coefficient (Wildman–Crippen LogP) is 4.81. The Balaban J connectivity index is 2.37. The molecule has 2 aromatic carbocycles. The first kappa shape index (κ1) is 15.6. The van der Waals surface area contributed by atoms with E-state index in [1.807, 2.05) is 19.1 Å². The zero-order chi connectivity index (χ0) is 15.1. The smallest absolute Gasteiger partial charge is 0.127 e. The number of ether oxygens (including phenoxy) is 1. The Kier molecular flexibility index (Phi) is 5.82. The van der Waals surface area contributed by atoms with Crippen LogP contribution < -0.4 is 10.1 Å². The number of hydrogen-bond donors (Lipinski definition) is 1. The minimum absolute atomic E-state index is 0.411. The van der Waals surface area contributed by atoms with Crippen LogP contribution in [0.25, 0.3) is 11.1 Å². The second-order valence-corrected chi connectivity index (χ2v) is 5.07. The van der Waals surface area contributed by atoms with Crippen LogP contribution in [0.5, 0.6) is 5.75 Å². The van der Waals surface area contributed by atoms with E-state index in [1.54, 1.807) is 0 Å². The molecule has 21 heavy (non-hydrogen) atoms. The van der Waals surface area contributed by atoms with Gasteiger partial charge in [-0.3, -0.25) is 0 Å². The minimum atomic E-state index is 0.411. The summed E-state index contributed by atoms with van der Waals surface area (Å²) in [4.78, 5) is 0. The van der Waals surface area contributed by atoms with Crippen molar-refractivity contribution < 1.29 is 4.74 Å². The molecule has 0 aliphatic rings. The Bertz CT molecular complexity index is 565. The molecule has 0 fully saturated rings. The molecule has 0 heterocycles. The van der Waals surface area contributed by atoms with Gasteiger partial charge in [0.05, 0.1) is 6.61 Å². The molecule has 0 saturated carbocycles. The van der Waals surface area contributed by atoms with E-state index in [4.69, 9.17) is 4.74 Å². The summed E-state index contributed by atoms with van der Waals surface area (Å²) in [6.45, 7) is 8.06. The van der Waals surface area contributed by atoms with Gasteiger partial charge >= 0.3 is 0 Å². The highest BCUT2D eigenvalue weighted by molar-refractivity contribution is 5.71. The lowest BCUT2D eigenvalue weighted by atomic mass is 9.97. The summed E-state index contributed by atoms with van der Waals surface area (Å²) in [6.07, 6.45) is 1.09. The second-order valence-electron chi connectivity index (χ2n) is 5.07. The van der Waals surface area contributed by atoms with Crippen molar-refractivity contribution in [3.8, 4) is 16.9 Å². The lowest BCUT2D eigenvalue weighted by Crippen LogP contribution is -2.19. The van der Waals surface area contributed by atoms with Crippen molar-refractivity contribution in [3.63, 3.8) is 0 Å². The van der Waals surface area contributed by atoms with Crippen LogP contribution in [-0.4, -0.2) is 13.2 Å². The average molecular weight is 283 g/mol. The normalized spacial score (nSPS) is 12.1. The number of nitrogens with one attached hydrogen (secondary N) is 1. The van der Waals surface area contributed by atoms with Gasteiger partial charge in [-0.15, -0.1) is 0 Å². The molecule has 2 heteroatoms. The molecule has 0 saturated heterocycles. The third kappa shape index (κ3) is 3.85. The van der Waals surface area contributed by atoms with Crippen LogP contribution in [0, 0.1) is 0 Å². The fourth-order valence-electron chi connectivity index (χ4n) is 2.65. The topological polar surface area (TPSA) is 21.3 Å². The summed E-state index contributed by atoms with van der Waals surface area (Å²) in [5.74, 6) is 0.952. The van der Waals surface area contributed by atoms with Gasteiger partial charge < -0.3 is 10.1 Å². The van der Waals surface area contributed by atoms with E-state index < -0.39 is 0 Å². The molecule has 0 aliphatic heterocycles. The fourth-order valence-corrected chi connectivity index (χ4v) is 2.65. The summed E-state index contributed by atoms with van der Waals surface area (Å²) in [6, 6.07) is 17.4. The monoisotopic (exact) mass is 283 g/mol. The Hall–Kier alpha value is -1.80. The second kappa shape index (κ2) is 7.84. The van der Waals surface area contributed by atoms with Gasteiger partial charge in [0.15, 0.2) is 0 Å². The summed E-state index contributed by atoms with van der Waals surface area (Å²) < 4.78 is 5.75. The van der Waals surface area contributed by atoms with Crippen LogP contribution in [0.15, 0.2) is 48.5 Å². The third-order valence-electron chi connectivity index (χ3n) is 3.65. The third-order valence-corrected chi connectivity index (χ3v) is 3.65. The maximum Gasteiger partial charge on any atom is 0.127 e. The highest BCUT2D eigenvalue weighted by Crippen LogP contribution is 2.31. The number of benzene rings is 2. The van der Waals surface area contributed by atoms with Crippen molar-refractivity contribution in [2.75, 3.05) is 13.2 Å². The summed E-state index contributed by atoms with van der Waals surface area (Å²) in [5, 5.41) is 3.54. The SMILES string of the molecule is CCNC(CC)c1cccc(-c2ccccc2OCC)c1. The standard InChI is InChI=1S/C19H25NO/c1-4-18(20-5-2)16-11-9-10-15(14-16)17-12-7-8-13-19(17)21-6-3/h7-14,18,20H,4-6H2,1-3H3. The highest BCUT2D eigenvalue weighted by atomic mass is 16.5. The molecule has 2 rings (SSSR count). The highest BCUT2D eigenvalue weighted by Gasteiger charge is 2.10. The quantitative estimate of drug-likeness (QED) is 0.787. The van der Waals surface area contributed by atoms with Crippen molar-refractivity contribution >= 4 is 0 Å². The van der Waals surface area contributed by atoms with E-state index in [0.29, 0.717) is 12.6 Å². The van der Waals surface area contributed by atoms with Gasteiger partial charge in [-0.2, -0.15) is 0 Å². The molecule has 0 bridgehead atoms. The largest absolute Gasteiger partial charge is 0.493 e. The molecule has 0 aliphatic carbocycles. The first-order valence-corrected chi connectivity index (χ1v) is 7.85. The van der Waals surface area contributed by atoms with E-state index in [0.717, 1.165) is 24.3 Å². The molecule has 1 unspecified atom stereocenters. The van der Waals surface area contributed by atoms with E-state index in [1.165, 1.54) is 11.1 Å². The van der Waals surface area contributed by atoms with E-state index >= 15 is 0 Å². The summed E-state index contributed by atoms with van der Waals surface area (Å²) in [7, 11) is 0. The Labute approximate surface area is 128 Å². The van der Waals surface area contributed by atoms with Crippen molar-refractivity contribution in [2.24, 2.45) is 0 Å². The molecular weight excluding hydrogens is 258 g/mol. The van der Waals surface area contributed by atoms with Crippen molar-refractivity contribution in [1.29, 1.82) is 0 Å². The van der Waals surface area contributed by atoms with Gasteiger partial charge in [0, 0.05) is 11.6 Å². The van der Waals surface area contributed by atoms with Gasteiger partial charge in [0.2, 0.25) is 0 Å². The summed E-state index contributed by atoms with van der Waals surface area (Å²) in [5.41, 5.74) is 3.71. The Morgan fingerprint density at radius 1 is 1.00 bits per heavy atom. The van der Waals surface area contributed by atoms with Gasteiger partial charge in [0.25, 0.3) is 0 Å². The Morgan fingerprint density at radius 2 is 1.81 bits per heavy atom. The van der Waals surface area contributed by atoms with Crippen LogP contribution in [-0.2, 0) is 0 Å². The van der Waals surface area contributed by atoms with Crippen molar-refractivity contribution in [1.82, 2.24) is 5.32 Å². The maximum absolute atomic E-state index is 5.75.